The smallest absolute Gasteiger partial charge is 0.254 e. The Morgan fingerprint density at radius 1 is 1.10 bits per heavy atom. The number of amides is 2. The first-order chi connectivity index (χ1) is 15.1. The Morgan fingerprint density at radius 3 is 2.58 bits per heavy atom. The summed E-state index contributed by atoms with van der Waals surface area (Å²) in [6.07, 6.45) is 2.09. The maximum Gasteiger partial charge on any atom is 0.254 e. The number of carbonyl (C=O) groups is 2. The summed E-state index contributed by atoms with van der Waals surface area (Å²) in [7, 11) is 0. The van der Waals surface area contributed by atoms with Crippen LogP contribution in [0.1, 0.15) is 39.1 Å². The van der Waals surface area contributed by atoms with E-state index in [0.29, 0.717) is 36.0 Å². The summed E-state index contributed by atoms with van der Waals surface area (Å²) in [4.78, 5) is 27.5. The molecule has 1 saturated heterocycles. The van der Waals surface area contributed by atoms with Gasteiger partial charge in [-0.05, 0) is 43.0 Å². The van der Waals surface area contributed by atoms with Crippen LogP contribution >= 0.6 is 11.8 Å². The van der Waals surface area contributed by atoms with Gasteiger partial charge in [0, 0.05) is 36.0 Å². The van der Waals surface area contributed by atoms with Crippen molar-refractivity contribution in [3.05, 3.63) is 71.3 Å². The van der Waals surface area contributed by atoms with Gasteiger partial charge in [-0.1, -0.05) is 36.4 Å². The Bertz CT molecular complexity index is 898. The van der Waals surface area contributed by atoms with Gasteiger partial charge in [0.1, 0.15) is 0 Å². The molecule has 2 amide bonds. The van der Waals surface area contributed by atoms with Crippen molar-refractivity contribution in [2.45, 2.75) is 37.5 Å². The van der Waals surface area contributed by atoms with E-state index in [9.17, 15) is 14.7 Å². The molecule has 2 fully saturated rings. The topological polar surface area (TPSA) is 81.7 Å². The van der Waals surface area contributed by atoms with Gasteiger partial charge >= 0.3 is 0 Å². The lowest BCUT2D eigenvalue weighted by molar-refractivity contribution is 0.0802. The molecule has 2 aromatic rings. The number of rotatable bonds is 9. The largest absolute Gasteiger partial charge is 0.390 e. The maximum atomic E-state index is 13.0. The van der Waals surface area contributed by atoms with E-state index in [1.54, 1.807) is 40.9 Å². The molecule has 2 atom stereocenters. The molecular weight excluding hydrogens is 410 g/mol. The fourth-order valence-electron chi connectivity index (χ4n) is 3.67. The number of hydrogen-bond donors (Lipinski definition) is 3. The normalized spacial score (nSPS) is 17.9. The highest BCUT2D eigenvalue weighted by molar-refractivity contribution is 7.99. The van der Waals surface area contributed by atoms with Crippen molar-refractivity contribution >= 4 is 23.6 Å². The Morgan fingerprint density at radius 2 is 1.87 bits per heavy atom. The first-order valence-electron chi connectivity index (χ1n) is 10.8. The van der Waals surface area contributed by atoms with Gasteiger partial charge in [-0.2, -0.15) is 0 Å². The van der Waals surface area contributed by atoms with E-state index in [2.05, 4.69) is 10.6 Å². The number of nitrogens with one attached hydrogen (secondary N) is 2. The first kappa shape index (κ1) is 21.9. The molecule has 0 radical (unpaired) electrons. The zero-order valence-corrected chi connectivity index (χ0v) is 18.3. The van der Waals surface area contributed by atoms with E-state index in [1.807, 2.05) is 30.3 Å². The Kier molecular flexibility index (Phi) is 7.27. The van der Waals surface area contributed by atoms with Crippen molar-refractivity contribution in [1.82, 2.24) is 15.5 Å². The van der Waals surface area contributed by atoms with Crippen LogP contribution in [0.5, 0.6) is 0 Å². The molecular formula is C24H29N3O3S. The molecule has 2 aromatic carbocycles. The summed E-state index contributed by atoms with van der Waals surface area (Å²) in [5.74, 6) is 1.31. The zero-order chi connectivity index (χ0) is 21.6. The van der Waals surface area contributed by atoms with Crippen molar-refractivity contribution < 1.29 is 14.7 Å². The zero-order valence-electron chi connectivity index (χ0n) is 17.5. The van der Waals surface area contributed by atoms with Gasteiger partial charge in [0.2, 0.25) is 0 Å². The van der Waals surface area contributed by atoms with Gasteiger partial charge in [0.15, 0.2) is 0 Å². The quantitative estimate of drug-likeness (QED) is 0.559. The highest BCUT2D eigenvalue weighted by atomic mass is 32.2. The van der Waals surface area contributed by atoms with Gasteiger partial charge in [0.25, 0.3) is 11.8 Å². The molecule has 0 unspecified atom stereocenters. The second-order valence-electron chi connectivity index (χ2n) is 8.21. The predicted molar refractivity (Wildman–Crippen MR) is 123 cm³/mol. The van der Waals surface area contributed by atoms with E-state index < -0.39 is 12.1 Å². The van der Waals surface area contributed by atoms with Crippen molar-refractivity contribution in [2.24, 2.45) is 0 Å². The summed E-state index contributed by atoms with van der Waals surface area (Å²) in [6.45, 7) is 1.17. The molecule has 3 N–H and O–H groups in total. The van der Waals surface area contributed by atoms with Crippen LogP contribution in [-0.2, 0) is 6.42 Å². The second-order valence-corrected chi connectivity index (χ2v) is 9.28. The molecule has 0 aromatic heterocycles. The molecule has 7 heteroatoms. The van der Waals surface area contributed by atoms with Crippen LogP contribution in [0.3, 0.4) is 0 Å². The number of benzene rings is 2. The van der Waals surface area contributed by atoms with Crippen LogP contribution in [0.2, 0.25) is 0 Å². The molecule has 2 aliphatic rings. The summed E-state index contributed by atoms with van der Waals surface area (Å²) in [6, 6.07) is 16.7. The highest BCUT2D eigenvalue weighted by Crippen LogP contribution is 2.19. The van der Waals surface area contributed by atoms with Crippen LogP contribution in [-0.4, -0.2) is 64.7 Å². The molecule has 0 spiro atoms. The van der Waals surface area contributed by atoms with Crippen molar-refractivity contribution in [1.29, 1.82) is 0 Å². The molecule has 31 heavy (non-hydrogen) atoms. The predicted octanol–water partition coefficient (Wildman–Crippen LogP) is 2.29. The molecule has 1 heterocycles. The van der Waals surface area contributed by atoms with Gasteiger partial charge in [-0.15, -0.1) is 11.8 Å². The lowest BCUT2D eigenvalue weighted by Crippen LogP contribution is -2.49. The Hall–Kier alpha value is -2.35. The van der Waals surface area contributed by atoms with Crippen molar-refractivity contribution in [3.63, 3.8) is 0 Å². The standard InChI is InChI=1S/C24H29N3O3S/c28-22(15-25-20-9-10-20)21(13-17-5-2-1-3-6-17)26-23(29)18-7-4-8-19(14-18)24(30)27-11-12-31-16-27/h1-8,14,20-22,25,28H,9-13,15-16H2,(H,26,29)/t21-,22+/m0/s1. The Labute approximate surface area is 187 Å². The van der Waals surface area contributed by atoms with Crippen LogP contribution in [0.25, 0.3) is 0 Å². The molecule has 1 saturated carbocycles. The number of aliphatic hydroxyl groups is 1. The second kappa shape index (κ2) is 10.3. The van der Waals surface area contributed by atoms with Crippen molar-refractivity contribution in [3.8, 4) is 0 Å². The van der Waals surface area contributed by atoms with Crippen LogP contribution in [0, 0.1) is 0 Å². The number of hydrogen-bond acceptors (Lipinski definition) is 5. The molecule has 4 rings (SSSR count). The average Bonchev–Trinajstić information content (AvgIpc) is 3.47. The minimum atomic E-state index is -0.712. The van der Waals surface area contributed by atoms with Gasteiger partial charge in [-0.25, -0.2) is 0 Å². The van der Waals surface area contributed by atoms with Crippen molar-refractivity contribution in [2.75, 3.05) is 24.7 Å². The Balaban J connectivity index is 1.45. The highest BCUT2D eigenvalue weighted by Gasteiger charge is 2.27. The minimum Gasteiger partial charge on any atom is -0.390 e. The summed E-state index contributed by atoms with van der Waals surface area (Å²) >= 11 is 1.73. The molecule has 164 valence electrons. The number of nitrogens with zero attached hydrogens (tertiary/aromatic N) is 1. The van der Waals surface area contributed by atoms with E-state index in [0.717, 1.165) is 30.7 Å². The third-order valence-electron chi connectivity index (χ3n) is 5.68. The van der Waals surface area contributed by atoms with Crippen LogP contribution in [0.4, 0.5) is 0 Å². The number of carbonyl (C=O) groups excluding carboxylic acids is 2. The summed E-state index contributed by atoms with van der Waals surface area (Å²) in [5, 5.41) is 17.1. The third kappa shape index (κ3) is 6.09. The van der Waals surface area contributed by atoms with E-state index in [-0.39, 0.29) is 11.8 Å². The molecule has 6 nitrogen and oxygen atoms in total. The van der Waals surface area contributed by atoms with E-state index in [4.69, 9.17) is 0 Å². The maximum absolute atomic E-state index is 13.0. The monoisotopic (exact) mass is 439 g/mol. The van der Waals surface area contributed by atoms with Gasteiger partial charge < -0.3 is 20.6 Å². The molecule has 1 aliphatic carbocycles. The minimum absolute atomic E-state index is 0.0471. The van der Waals surface area contributed by atoms with E-state index in [1.165, 1.54) is 0 Å². The van der Waals surface area contributed by atoms with Gasteiger partial charge in [-0.3, -0.25) is 9.59 Å². The lowest BCUT2D eigenvalue weighted by Gasteiger charge is -2.25. The van der Waals surface area contributed by atoms with E-state index >= 15 is 0 Å². The molecule has 0 bridgehead atoms. The van der Waals surface area contributed by atoms with Gasteiger partial charge in [0.05, 0.1) is 18.0 Å². The summed E-state index contributed by atoms with van der Waals surface area (Å²) in [5.41, 5.74) is 2.00. The summed E-state index contributed by atoms with van der Waals surface area (Å²) < 4.78 is 0. The fourth-order valence-corrected chi connectivity index (χ4v) is 4.62. The van der Waals surface area contributed by atoms with Crippen LogP contribution < -0.4 is 10.6 Å². The van der Waals surface area contributed by atoms with Crippen LogP contribution in [0.15, 0.2) is 54.6 Å². The average molecular weight is 440 g/mol. The lowest BCUT2D eigenvalue weighted by atomic mass is 10.00. The fraction of sp³-hybridized carbons (Fsp3) is 0.417. The first-order valence-corrected chi connectivity index (χ1v) is 12.0. The number of thioether (sulfide) groups is 1. The SMILES string of the molecule is O=C(N[C@@H](Cc1ccccc1)[C@H](O)CNC1CC1)c1cccc(C(=O)N2CCSC2)c1. The third-order valence-corrected chi connectivity index (χ3v) is 6.65. The molecule has 1 aliphatic heterocycles. The number of aliphatic hydroxyl groups excluding tert-OH is 1.